The molecule has 1 amide bonds. The van der Waals surface area contributed by atoms with E-state index in [1.54, 1.807) is 0 Å². The van der Waals surface area contributed by atoms with Gasteiger partial charge in [0.15, 0.2) is 0 Å². The number of anilines is 1. The van der Waals surface area contributed by atoms with Crippen molar-refractivity contribution in [2.24, 2.45) is 0 Å². The van der Waals surface area contributed by atoms with Gasteiger partial charge in [0.2, 0.25) is 0 Å². The van der Waals surface area contributed by atoms with Crippen molar-refractivity contribution in [1.82, 2.24) is 5.32 Å². The molecule has 1 aromatic rings. The second-order valence-electron chi connectivity index (χ2n) is 4.36. The molecule has 0 aliphatic rings. The first-order valence-electron chi connectivity index (χ1n) is 5.90. The van der Waals surface area contributed by atoms with Gasteiger partial charge in [0.25, 0.3) is 5.91 Å². The second-order valence-corrected chi connectivity index (χ2v) is 6.62. The number of hydrogen-bond acceptors (Lipinski definition) is 4. The van der Waals surface area contributed by atoms with Gasteiger partial charge in [0.1, 0.15) is 9.84 Å². The Labute approximate surface area is 120 Å². The summed E-state index contributed by atoms with van der Waals surface area (Å²) in [5.41, 5.74) is -1.50. The maximum absolute atomic E-state index is 12.8. The van der Waals surface area contributed by atoms with Crippen LogP contribution in [0.3, 0.4) is 0 Å². The molecule has 5 nitrogen and oxygen atoms in total. The minimum atomic E-state index is -4.60. The molecule has 0 unspecified atom stereocenters. The molecule has 0 atom stereocenters. The van der Waals surface area contributed by atoms with Crippen LogP contribution in [0.2, 0.25) is 0 Å². The standard InChI is InChI=1S/C12H15F3N2O3S/c1-16-10-8(4-3-5-9(10)12(13,14)15)11(18)17-6-7-21(2,19)20/h3-5,16H,6-7H2,1-2H3,(H,17,18). The van der Waals surface area contributed by atoms with E-state index in [0.717, 1.165) is 18.4 Å². The number of alkyl halides is 3. The minimum absolute atomic E-state index is 0.170. The van der Waals surface area contributed by atoms with E-state index in [1.807, 2.05) is 0 Å². The van der Waals surface area contributed by atoms with Gasteiger partial charge < -0.3 is 10.6 Å². The van der Waals surface area contributed by atoms with E-state index < -0.39 is 27.5 Å². The number of nitrogens with one attached hydrogen (secondary N) is 2. The number of sulfone groups is 1. The number of carbonyl (C=O) groups is 1. The van der Waals surface area contributed by atoms with Crippen LogP contribution in [-0.2, 0) is 16.0 Å². The first-order valence-corrected chi connectivity index (χ1v) is 7.96. The van der Waals surface area contributed by atoms with Crippen LogP contribution in [0, 0.1) is 0 Å². The Balaban J connectivity index is 3.00. The summed E-state index contributed by atoms with van der Waals surface area (Å²) in [5.74, 6) is -1.05. The summed E-state index contributed by atoms with van der Waals surface area (Å²) in [6, 6.07) is 3.21. The van der Waals surface area contributed by atoms with Crippen molar-refractivity contribution in [2.75, 3.05) is 30.9 Å². The van der Waals surface area contributed by atoms with Gasteiger partial charge in [-0.1, -0.05) is 6.07 Å². The smallest absolute Gasteiger partial charge is 0.387 e. The molecule has 1 aromatic carbocycles. The van der Waals surface area contributed by atoms with Crippen LogP contribution < -0.4 is 10.6 Å². The lowest BCUT2D eigenvalue weighted by Gasteiger charge is -2.16. The van der Waals surface area contributed by atoms with Crippen LogP contribution >= 0.6 is 0 Å². The minimum Gasteiger partial charge on any atom is -0.387 e. The lowest BCUT2D eigenvalue weighted by molar-refractivity contribution is -0.136. The molecule has 0 spiro atoms. The van der Waals surface area contributed by atoms with E-state index in [-0.39, 0.29) is 23.5 Å². The van der Waals surface area contributed by atoms with Gasteiger partial charge in [-0.3, -0.25) is 4.79 Å². The van der Waals surface area contributed by atoms with Gasteiger partial charge in [0.05, 0.1) is 22.6 Å². The molecule has 0 aliphatic carbocycles. The molecule has 0 saturated heterocycles. The third-order valence-corrected chi connectivity index (χ3v) is 3.57. The van der Waals surface area contributed by atoms with Crippen molar-refractivity contribution in [3.63, 3.8) is 0 Å². The fourth-order valence-electron chi connectivity index (χ4n) is 1.69. The number of para-hydroxylation sites is 1. The molecule has 0 fully saturated rings. The summed E-state index contributed by atoms with van der Waals surface area (Å²) >= 11 is 0. The highest BCUT2D eigenvalue weighted by Crippen LogP contribution is 2.36. The molecule has 9 heteroatoms. The van der Waals surface area contributed by atoms with Crippen LogP contribution in [0.5, 0.6) is 0 Å². The topological polar surface area (TPSA) is 75.3 Å². The number of halogens is 3. The van der Waals surface area contributed by atoms with Gasteiger partial charge in [-0.25, -0.2) is 8.42 Å². The Morgan fingerprint density at radius 3 is 2.38 bits per heavy atom. The fourth-order valence-corrected chi connectivity index (χ4v) is 2.17. The largest absolute Gasteiger partial charge is 0.418 e. The van der Waals surface area contributed by atoms with E-state index in [1.165, 1.54) is 13.1 Å². The van der Waals surface area contributed by atoms with E-state index >= 15 is 0 Å². The summed E-state index contributed by atoms with van der Waals surface area (Å²) in [7, 11) is -1.98. The Morgan fingerprint density at radius 1 is 1.29 bits per heavy atom. The summed E-state index contributed by atoms with van der Waals surface area (Å²) in [6.07, 6.45) is -3.59. The molecule has 0 aliphatic heterocycles. The predicted molar refractivity (Wildman–Crippen MR) is 73.0 cm³/mol. The normalized spacial score (nSPS) is 12.0. The van der Waals surface area contributed by atoms with Gasteiger partial charge in [-0.15, -0.1) is 0 Å². The molecule has 1 rings (SSSR count). The van der Waals surface area contributed by atoms with Crippen LogP contribution in [0.4, 0.5) is 18.9 Å². The number of carbonyl (C=O) groups excluding carboxylic acids is 1. The molecule has 118 valence electrons. The number of hydrogen-bond donors (Lipinski definition) is 2. The third kappa shape index (κ3) is 4.92. The first kappa shape index (κ1) is 17.3. The fraction of sp³-hybridized carbons (Fsp3) is 0.417. The highest BCUT2D eigenvalue weighted by molar-refractivity contribution is 7.90. The van der Waals surface area contributed by atoms with Crippen molar-refractivity contribution in [3.8, 4) is 0 Å². The quantitative estimate of drug-likeness (QED) is 0.861. The number of amides is 1. The third-order valence-electron chi connectivity index (χ3n) is 2.62. The van der Waals surface area contributed by atoms with Crippen molar-refractivity contribution < 1.29 is 26.4 Å². The van der Waals surface area contributed by atoms with Gasteiger partial charge in [-0.05, 0) is 12.1 Å². The Hall–Kier alpha value is -1.77. The van der Waals surface area contributed by atoms with Gasteiger partial charge in [0, 0.05) is 19.8 Å². The van der Waals surface area contributed by atoms with Gasteiger partial charge >= 0.3 is 6.18 Å². The van der Waals surface area contributed by atoms with Gasteiger partial charge in [-0.2, -0.15) is 13.2 Å². The molecular formula is C12H15F3N2O3S. The van der Waals surface area contributed by atoms with Crippen LogP contribution in [-0.4, -0.2) is 39.9 Å². The first-order chi connectivity index (χ1) is 9.56. The van der Waals surface area contributed by atoms with Crippen molar-refractivity contribution in [3.05, 3.63) is 29.3 Å². The number of rotatable bonds is 5. The predicted octanol–water partition coefficient (Wildman–Crippen LogP) is 1.52. The molecule has 0 saturated carbocycles. The molecule has 0 aromatic heterocycles. The summed E-state index contributed by atoms with van der Waals surface area (Å²) in [5, 5.41) is 4.64. The second kappa shape index (κ2) is 6.33. The summed E-state index contributed by atoms with van der Waals surface area (Å²) < 4.78 is 60.4. The lowest BCUT2D eigenvalue weighted by atomic mass is 10.1. The van der Waals surface area contributed by atoms with Crippen LogP contribution in [0.1, 0.15) is 15.9 Å². The molecule has 0 radical (unpaired) electrons. The maximum atomic E-state index is 12.8. The zero-order valence-corrected chi connectivity index (χ0v) is 12.2. The average Bonchev–Trinajstić information content (AvgIpc) is 2.35. The maximum Gasteiger partial charge on any atom is 0.418 e. The SMILES string of the molecule is CNc1c(C(=O)NCCS(C)(=O)=O)cccc1C(F)(F)F. The highest BCUT2D eigenvalue weighted by atomic mass is 32.2. The van der Waals surface area contributed by atoms with E-state index in [4.69, 9.17) is 0 Å². The van der Waals surface area contributed by atoms with Crippen molar-refractivity contribution >= 4 is 21.4 Å². The monoisotopic (exact) mass is 324 g/mol. The number of benzene rings is 1. The Morgan fingerprint density at radius 2 is 1.90 bits per heavy atom. The average molecular weight is 324 g/mol. The zero-order chi connectivity index (χ0) is 16.3. The Kier molecular flexibility index (Phi) is 5.21. The van der Waals surface area contributed by atoms with E-state index in [9.17, 15) is 26.4 Å². The van der Waals surface area contributed by atoms with Crippen LogP contribution in [0.15, 0.2) is 18.2 Å². The summed E-state index contributed by atoms with van der Waals surface area (Å²) in [4.78, 5) is 11.9. The highest BCUT2D eigenvalue weighted by Gasteiger charge is 2.34. The molecule has 0 heterocycles. The Bertz CT molecular complexity index is 627. The molecular weight excluding hydrogens is 309 g/mol. The van der Waals surface area contributed by atoms with E-state index in [0.29, 0.717) is 0 Å². The molecule has 0 bridgehead atoms. The van der Waals surface area contributed by atoms with Crippen molar-refractivity contribution in [1.29, 1.82) is 0 Å². The summed E-state index contributed by atoms with van der Waals surface area (Å²) in [6.45, 7) is -0.170. The van der Waals surface area contributed by atoms with Crippen LogP contribution in [0.25, 0.3) is 0 Å². The van der Waals surface area contributed by atoms with E-state index in [2.05, 4.69) is 10.6 Å². The lowest BCUT2D eigenvalue weighted by Crippen LogP contribution is -2.29. The zero-order valence-electron chi connectivity index (χ0n) is 11.4. The molecule has 2 N–H and O–H groups in total. The molecule has 21 heavy (non-hydrogen) atoms. The van der Waals surface area contributed by atoms with Crippen molar-refractivity contribution in [2.45, 2.75) is 6.18 Å².